The second-order valence-corrected chi connectivity index (χ2v) is 16.6. The molecule has 0 N–H and O–H groups in total. The fourth-order valence-electron chi connectivity index (χ4n) is 9.99. The normalized spacial score (nSPS) is 14.8. The van der Waals surface area contributed by atoms with Gasteiger partial charge in [-0.15, -0.1) is 0 Å². The number of hydrogen-bond donors (Lipinski definition) is 0. The van der Waals surface area contributed by atoms with Crippen LogP contribution in [0, 0.1) is 6.92 Å². The van der Waals surface area contributed by atoms with E-state index in [0.29, 0.717) is 17.5 Å². The molecule has 1 aromatic heterocycles. The summed E-state index contributed by atoms with van der Waals surface area (Å²) in [6.07, 6.45) is 3.95. The molecule has 0 amide bonds. The van der Waals surface area contributed by atoms with Crippen molar-refractivity contribution in [1.82, 2.24) is 15.0 Å². The Labute approximate surface area is 379 Å². The summed E-state index contributed by atoms with van der Waals surface area (Å²) in [6.45, 7) is 9.84. The molecular weight excluding hydrogens is 793 g/mol. The highest BCUT2D eigenvalue weighted by Crippen LogP contribution is 2.62. The second kappa shape index (κ2) is 16.1. The molecule has 5 nitrogen and oxygen atoms in total. The molecule has 1 atom stereocenters. The van der Waals surface area contributed by atoms with E-state index in [1.807, 2.05) is 32.2 Å². The van der Waals surface area contributed by atoms with Crippen molar-refractivity contribution in [3.63, 3.8) is 0 Å². The van der Waals surface area contributed by atoms with Gasteiger partial charge in [-0.05, 0) is 119 Å². The number of ether oxygens (including phenoxy) is 1. The van der Waals surface area contributed by atoms with E-state index >= 15 is 0 Å². The van der Waals surface area contributed by atoms with Gasteiger partial charge in [0.25, 0.3) is 0 Å². The van der Waals surface area contributed by atoms with E-state index in [1.165, 1.54) is 16.7 Å². The fraction of sp³-hybridized carbons (Fsp3) is 0.0667. The third-order valence-electron chi connectivity index (χ3n) is 13.0. The quantitative estimate of drug-likeness (QED) is 0.113. The highest BCUT2D eigenvalue weighted by Gasteiger charge is 2.51. The average molecular weight is 837 g/mol. The van der Waals surface area contributed by atoms with Gasteiger partial charge in [0.15, 0.2) is 11.6 Å². The Kier molecular flexibility index (Phi) is 9.81. The number of para-hydroxylation sites is 1. The van der Waals surface area contributed by atoms with Crippen molar-refractivity contribution in [3.8, 4) is 78.8 Å². The number of aliphatic imine (C=N–C) groups is 1. The second-order valence-electron chi connectivity index (χ2n) is 16.6. The average Bonchev–Trinajstić information content (AvgIpc) is 3.65. The number of aryl methyl sites for hydroxylation is 1. The number of benzene rings is 8. The number of fused-ring (bicyclic) bond motifs is 9. The lowest BCUT2D eigenvalue weighted by molar-refractivity contribution is 0.436. The van der Waals surface area contributed by atoms with Crippen LogP contribution in [-0.2, 0) is 5.41 Å². The van der Waals surface area contributed by atoms with E-state index in [0.717, 1.165) is 89.4 Å². The van der Waals surface area contributed by atoms with Crippen LogP contribution in [-0.4, -0.2) is 21.7 Å². The first kappa shape index (κ1) is 39.6. The number of nitrogens with zero attached hydrogens (tertiary/aromatic N) is 4. The van der Waals surface area contributed by atoms with Crippen LogP contribution in [0.4, 0.5) is 0 Å². The molecule has 0 saturated carbocycles. The summed E-state index contributed by atoms with van der Waals surface area (Å²) in [7, 11) is 0. The Morgan fingerprint density at radius 1 is 0.492 bits per heavy atom. The molecule has 1 spiro atoms. The molecule has 5 heteroatoms. The van der Waals surface area contributed by atoms with Gasteiger partial charge in [-0.2, -0.15) is 0 Å². The Balaban J connectivity index is 1.05. The summed E-state index contributed by atoms with van der Waals surface area (Å²) in [5.74, 6) is 3.63. The monoisotopic (exact) mass is 836 g/mol. The molecule has 2 aliphatic rings. The van der Waals surface area contributed by atoms with Gasteiger partial charge >= 0.3 is 0 Å². The van der Waals surface area contributed by atoms with Crippen LogP contribution in [0.2, 0.25) is 0 Å². The zero-order chi connectivity index (χ0) is 44.1. The molecule has 0 saturated heterocycles. The summed E-state index contributed by atoms with van der Waals surface area (Å²) in [5.41, 5.74) is 18.1. The fourth-order valence-corrected chi connectivity index (χ4v) is 9.99. The summed E-state index contributed by atoms with van der Waals surface area (Å²) in [6, 6.07) is 66.8. The van der Waals surface area contributed by atoms with E-state index in [9.17, 15) is 0 Å². The molecule has 0 bridgehead atoms. The summed E-state index contributed by atoms with van der Waals surface area (Å²) in [4.78, 5) is 19.1. The zero-order valence-corrected chi connectivity index (χ0v) is 36.5. The van der Waals surface area contributed by atoms with E-state index in [-0.39, 0.29) is 0 Å². The van der Waals surface area contributed by atoms with E-state index in [1.54, 1.807) is 0 Å². The van der Waals surface area contributed by atoms with Crippen LogP contribution < -0.4 is 4.74 Å². The molecule has 1 unspecified atom stereocenters. The Morgan fingerprint density at radius 3 is 1.82 bits per heavy atom. The van der Waals surface area contributed by atoms with Crippen molar-refractivity contribution in [3.05, 3.63) is 240 Å². The van der Waals surface area contributed by atoms with Crippen LogP contribution in [0.15, 0.2) is 211 Å². The van der Waals surface area contributed by atoms with Crippen molar-refractivity contribution in [1.29, 1.82) is 0 Å². The smallest absolute Gasteiger partial charge is 0.164 e. The maximum atomic E-state index is 6.96. The minimum atomic E-state index is -0.637. The largest absolute Gasteiger partial charge is 0.457 e. The molecule has 1 aliphatic carbocycles. The van der Waals surface area contributed by atoms with Crippen LogP contribution in [0.1, 0.15) is 47.5 Å². The standard InChI is InChI=1S/C60H44N4O/c1-5-38(2)51(37-61-4)42-21-17-20-41(34-42)46-23-9-10-24-47(46)43-30-33-55-57(36-43)65-56-29-16-15-28-54(56)60(55)52-27-14-13-25-48(52)50-35-44(31-32-53(50)60)58-62-39(3)63-59(64-58)49-26-12-11-22-45(49)40-18-7-6-8-19-40/h5-37H,4H2,1-3H3/b38-5-,51-37+. The summed E-state index contributed by atoms with van der Waals surface area (Å²) >= 11 is 0. The minimum absolute atomic E-state index is 0.637. The van der Waals surface area contributed by atoms with Crippen molar-refractivity contribution in [2.75, 3.05) is 0 Å². The molecule has 310 valence electrons. The number of aromatic nitrogens is 3. The lowest BCUT2D eigenvalue weighted by Gasteiger charge is -2.39. The first-order valence-electron chi connectivity index (χ1n) is 22.0. The van der Waals surface area contributed by atoms with Gasteiger partial charge in [0.1, 0.15) is 17.3 Å². The van der Waals surface area contributed by atoms with Crippen molar-refractivity contribution >= 4 is 12.3 Å². The Bertz CT molecular complexity index is 3420. The molecule has 0 radical (unpaired) electrons. The van der Waals surface area contributed by atoms with Crippen LogP contribution in [0.25, 0.3) is 72.9 Å². The maximum Gasteiger partial charge on any atom is 0.164 e. The summed E-state index contributed by atoms with van der Waals surface area (Å²) in [5, 5.41) is 0. The zero-order valence-electron chi connectivity index (χ0n) is 36.5. The van der Waals surface area contributed by atoms with Gasteiger partial charge in [0.2, 0.25) is 0 Å². The van der Waals surface area contributed by atoms with Gasteiger partial charge in [-0.25, -0.2) is 15.0 Å². The van der Waals surface area contributed by atoms with Gasteiger partial charge in [0.05, 0.1) is 5.41 Å². The molecule has 2 heterocycles. The van der Waals surface area contributed by atoms with Crippen LogP contribution in [0.5, 0.6) is 11.5 Å². The lowest BCUT2D eigenvalue weighted by Crippen LogP contribution is -2.32. The van der Waals surface area contributed by atoms with Gasteiger partial charge in [-0.1, -0.05) is 170 Å². The van der Waals surface area contributed by atoms with Crippen molar-refractivity contribution in [2.45, 2.75) is 26.2 Å². The molecule has 0 fully saturated rings. The highest BCUT2D eigenvalue weighted by molar-refractivity contribution is 5.92. The number of rotatable bonds is 8. The number of allylic oxidation sites excluding steroid dienone is 3. The van der Waals surface area contributed by atoms with Gasteiger partial charge in [0, 0.05) is 34.0 Å². The molecule has 1 aliphatic heterocycles. The van der Waals surface area contributed by atoms with Gasteiger partial charge < -0.3 is 4.74 Å². The SMILES string of the molecule is C=N/C=C(\C(C)=C/C)c1cccc(-c2ccccc2-c2ccc3c(c2)Oc2ccccc2C32c3ccccc3-c3cc(-c4nc(C)nc(-c5ccccc5-c5ccccc5)n4)ccc32)c1. The third kappa shape index (κ3) is 6.55. The summed E-state index contributed by atoms with van der Waals surface area (Å²) < 4.78 is 6.96. The van der Waals surface area contributed by atoms with E-state index in [4.69, 9.17) is 19.7 Å². The topological polar surface area (TPSA) is 60.3 Å². The highest BCUT2D eigenvalue weighted by atomic mass is 16.5. The van der Waals surface area contributed by atoms with Crippen LogP contribution in [0.3, 0.4) is 0 Å². The maximum absolute atomic E-state index is 6.96. The minimum Gasteiger partial charge on any atom is -0.457 e. The first-order chi connectivity index (χ1) is 32.0. The lowest BCUT2D eigenvalue weighted by atomic mass is 9.66. The van der Waals surface area contributed by atoms with Gasteiger partial charge in [-0.3, -0.25) is 4.99 Å². The van der Waals surface area contributed by atoms with E-state index < -0.39 is 5.41 Å². The molecule has 11 rings (SSSR count). The van der Waals surface area contributed by atoms with Crippen molar-refractivity contribution < 1.29 is 4.74 Å². The van der Waals surface area contributed by atoms with E-state index in [2.05, 4.69) is 201 Å². The Hall–Kier alpha value is -8.28. The molecular formula is C60H44N4O. The van der Waals surface area contributed by atoms with Crippen molar-refractivity contribution in [2.24, 2.45) is 4.99 Å². The molecule has 9 aromatic rings. The predicted molar refractivity (Wildman–Crippen MR) is 266 cm³/mol. The molecule has 8 aromatic carbocycles. The predicted octanol–water partition coefficient (Wildman–Crippen LogP) is 15.0. The molecule has 65 heavy (non-hydrogen) atoms. The first-order valence-corrected chi connectivity index (χ1v) is 22.0. The third-order valence-corrected chi connectivity index (χ3v) is 13.0. The van der Waals surface area contributed by atoms with Crippen LogP contribution >= 0.6 is 0 Å². The Morgan fingerprint density at radius 2 is 1.06 bits per heavy atom. The number of hydrogen-bond acceptors (Lipinski definition) is 5.